The Hall–Kier alpha value is -2.20. The average Bonchev–Trinajstić information content (AvgIpc) is 2.39. The van der Waals surface area contributed by atoms with Gasteiger partial charge in [0.2, 0.25) is 0 Å². The van der Waals surface area contributed by atoms with Gasteiger partial charge in [-0.3, -0.25) is 9.78 Å². The first kappa shape index (κ1) is 12.3. The van der Waals surface area contributed by atoms with Gasteiger partial charge in [0.05, 0.1) is 0 Å². The third kappa shape index (κ3) is 2.93. The van der Waals surface area contributed by atoms with E-state index in [9.17, 15) is 4.79 Å². The van der Waals surface area contributed by atoms with E-state index in [0.717, 1.165) is 16.9 Å². The molecule has 0 saturated heterocycles. The van der Waals surface area contributed by atoms with Crippen molar-refractivity contribution in [1.29, 1.82) is 0 Å². The Labute approximate surface area is 106 Å². The molecule has 1 aromatic carbocycles. The van der Waals surface area contributed by atoms with Gasteiger partial charge in [-0.1, -0.05) is 12.1 Å². The van der Waals surface area contributed by atoms with Gasteiger partial charge in [0.25, 0.3) is 5.91 Å². The number of anilines is 1. The number of rotatable bonds is 3. The lowest BCUT2D eigenvalue weighted by atomic mass is 10.1. The van der Waals surface area contributed by atoms with Crippen molar-refractivity contribution in [2.75, 3.05) is 5.32 Å². The van der Waals surface area contributed by atoms with Gasteiger partial charge in [0.15, 0.2) is 0 Å². The number of carbonyl (C=O) groups excluding carboxylic acids is 1. The molecule has 92 valence electrons. The van der Waals surface area contributed by atoms with Crippen LogP contribution in [0.3, 0.4) is 0 Å². The van der Waals surface area contributed by atoms with Crippen molar-refractivity contribution in [2.45, 2.75) is 13.5 Å². The molecule has 0 spiro atoms. The van der Waals surface area contributed by atoms with Gasteiger partial charge in [0.1, 0.15) is 0 Å². The summed E-state index contributed by atoms with van der Waals surface area (Å²) < 4.78 is 0. The van der Waals surface area contributed by atoms with Crippen LogP contribution in [0.5, 0.6) is 0 Å². The number of aromatic nitrogens is 1. The summed E-state index contributed by atoms with van der Waals surface area (Å²) in [4.78, 5) is 16.1. The molecule has 0 atom stereocenters. The number of nitrogens with zero attached hydrogens (tertiary/aromatic N) is 1. The van der Waals surface area contributed by atoms with Crippen molar-refractivity contribution in [1.82, 2.24) is 4.98 Å². The Morgan fingerprint density at radius 1 is 1.33 bits per heavy atom. The molecule has 4 nitrogen and oxygen atoms in total. The van der Waals surface area contributed by atoms with Crippen molar-refractivity contribution < 1.29 is 4.79 Å². The molecule has 0 aliphatic carbocycles. The summed E-state index contributed by atoms with van der Waals surface area (Å²) in [5, 5.41) is 2.83. The first-order chi connectivity index (χ1) is 8.69. The number of nitrogens with two attached hydrogens (primary N) is 1. The molecule has 0 unspecified atom stereocenters. The van der Waals surface area contributed by atoms with Crippen LogP contribution in [0.1, 0.15) is 21.6 Å². The first-order valence-electron chi connectivity index (χ1n) is 5.72. The smallest absolute Gasteiger partial charge is 0.255 e. The summed E-state index contributed by atoms with van der Waals surface area (Å²) in [7, 11) is 0. The molecule has 0 radical (unpaired) electrons. The molecule has 0 aliphatic heterocycles. The van der Waals surface area contributed by atoms with Gasteiger partial charge in [-0.05, 0) is 36.8 Å². The lowest BCUT2D eigenvalue weighted by molar-refractivity contribution is 0.102. The quantitative estimate of drug-likeness (QED) is 0.864. The Morgan fingerprint density at radius 3 is 2.89 bits per heavy atom. The number of benzene rings is 1. The summed E-state index contributed by atoms with van der Waals surface area (Å²) in [6, 6.07) is 10.9. The highest BCUT2D eigenvalue weighted by Crippen LogP contribution is 2.11. The summed E-state index contributed by atoms with van der Waals surface area (Å²) in [6.45, 7) is 2.31. The second-order valence-corrected chi connectivity index (χ2v) is 4.04. The normalized spacial score (nSPS) is 10.1. The molecule has 0 bridgehead atoms. The predicted molar refractivity (Wildman–Crippen MR) is 71.3 cm³/mol. The van der Waals surface area contributed by atoms with Gasteiger partial charge in [-0.2, -0.15) is 0 Å². The van der Waals surface area contributed by atoms with Crippen LogP contribution in [-0.4, -0.2) is 10.9 Å². The zero-order valence-electron chi connectivity index (χ0n) is 10.2. The molecular formula is C14H15N3O. The standard InChI is InChI=1S/C14H15N3O/c1-10-7-13(5-6-16-10)17-14(18)12-4-2-3-11(8-12)9-15/h2-8H,9,15H2,1H3,(H,16,17,18). The number of nitrogens with one attached hydrogen (secondary N) is 1. The van der Waals surface area contributed by atoms with E-state index in [1.54, 1.807) is 24.4 Å². The lowest BCUT2D eigenvalue weighted by Gasteiger charge is -2.06. The molecule has 0 aliphatic rings. The maximum Gasteiger partial charge on any atom is 0.255 e. The zero-order valence-corrected chi connectivity index (χ0v) is 10.2. The summed E-state index contributed by atoms with van der Waals surface area (Å²) in [5.74, 6) is -0.143. The number of hydrogen-bond donors (Lipinski definition) is 2. The highest BCUT2D eigenvalue weighted by Gasteiger charge is 2.06. The van der Waals surface area contributed by atoms with Crippen molar-refractivity contribution in [2.24, 2.45) is 5.73 Å². The van der Waals surface area contributed by atoms with E-state index < -0.39 is 0 Å². The van der Waals surface area contributed by atoms with Crippen LogP contribution in [0, 0.1) is 6.92 Å². The minimum atomic E-state index is -0.143. The Balaban J connectivity index is 2.16. The molecule has 2 aromatic rings. The second kappa shape index (κ2) is 5.42. The van der Waals surface area contributed by atoms with Gasteiger partial charge in [0, 0.05) is 29.7 Å². The van der Waals surface area contributed by atoms with Crippen molar-refractivity contribution >= 4 is 11.6 Å². The van der Waals surface area contributed by atoms with E-state index in [1.165, 1.54) is 0 Å². The van der Waals surface area contributed by atoms with Crippen LogP contribution in [-0.2, 0) is 6.54 Å². The fraction of sp³-hybridized carbons (Fsp3) is 0.143. The Kier molecular flexibility index (Phi) is 3.69. The van der Waals surface area contributed by atoms with E-state index in [-0.39, 0.29) is 5.91 Å². The molecule has 1 amide bonds. The summed E-state index contributed by atoms with van der Waals surface area (Å²) in [5.41, 5.74) is 8.70. The lowest BCUT2D eigenvalue weighted by Crippen LogP contribution is -2.12. The highest BCUT2D eigenvalue weighted by molar-refractivity contribution is 6.04. The third-order valence-electron chi connectivity index (χ3n) is 2.58. The van der Waals surface area contributed by atoms with E-state index in [4.69, 9.17) is 5.73 Å². The minimum Gasteiger partial charge on any atom is -0.326 e. The third-order valence-corrected chi connectivity index (χ3v) is 2.58. The van der Waals surface area contributed by atoms with Crippen molar-refractivity contribution in [3.63, 3.8) is 0 Å². The summed E-state index contributed by atoms with van der Waals surface area (Å²) >= 11 is 0. The largest absolute Gasteiger partial charge is 0.326 e. The monoisotopic (exact) mass is 241 g/mol. The van der Waals surface area contributed by atoms with Gasteiger partial charge in [-0.25, -0.2) is 0 Å². The number of amides is 1. The van der Waals surface area contributed by atoms with Crippen molar-refractivity contribution in [3.05, 3.63) is 59.4 Å². The first-order valence-corrected chi connectivity index (χ1v) is 5.72. The van der Waals surface area contributed by atoms with E-state index in [2.05, 4.69) is 10.3 Å². The maximum atomic E-state index is 12.0. The number of pyridine rings is 1. The highest BCUT2D eigenvalue weighted by atomic mass is 16.1. The topological polar surface area (TPSA) is 68.0 Å². The van der Waals surface area contributed by atoms with Gasteiger partial charge >= 0.3 is 0 Å². The average molecular weight is 241 g/mol. The SMILES string of the molecule is Cc1cc(NC(=O)c2cccc(CN)c2)ccn1. The van der Waals surface area contributed by atoms with Crippen LogP contribution in [0.25, 0.3) is 0 Å². The molecule has 0 fully saturated rings. The van der Waals surface area contributed by atoms with Crippen LogP contribution in [0.4, 0.5) is 5.69 Å². The van der Waals surface area contributed by atoms with Crippen LogP contribution in [0.15, 0.2) is 42.6 Å². The Bertz CT molecular complexity index is 566. The summed E-state index contributed by atoms with van der Waals surface area (Å²) in [6.07, 6.45) is 1.67. The predicted octanol–water partition coefficient (Wildman–Crippen LogP) is 2.10. The number of aryl methyl sites for hydroxylation is 1. The molecular weight excluding hydrogens is 226 g/mol. The maximum absolute atomic E-state index is 12.0. The molecule has 0 saturated carbocycles. The van der Waals surface area contributed by atoms with Crippen LogP contribution in [0.2, 0.25) is 0 Å². The van der Waals surface area contributed by atoms with Gasteiger partial charge < -0.3 is 11.1 Å². The fourth-order valence-corrected chi connectivity index (χ4v) is 1.67. The molecule has 4 heteroatoms. The van der Waals surface area contributed by atoms with E-state index >= 15 is 0 Å². The molecule has 1 aromatic heterocycles. The Morgan fingerprint density at radius 2 is 2.17 bits per heavy atom. The van der Waals surface area contributed by atoms with Crippen molar-refractivity contribution in [3.8, 4) is 0 Å². The molecule has 3 N–H and O–H groups in total. The van der Waals surface area contributed by atoms with E-state index in [0.29, 0.717) is 12.1 Å². The molecule has 18 heavy (non-hydrogen) atoms. The van der Waals surface area contributed by atoms with Crippen LogP contribution < -0.4 is 11.1 Å². The number of hydrogen-bond acceptors (Lipinski definition) is 3. The zero-order chi connectivity index (χ0) is 13.0. The van der Waals surface area contributed by atoms with E-state index in [1.807, 2.05) is 25.1 Å². The van der Waals surface area contributed by atoms with Gasteiger partial charge in [-0.15, -0.1) is 0 Å². The molecule has 1 heterocycles. The van der Waals surface area contributed by atoms with Crippen LogP contribution >= 0.6 is 0 Å². The molecule has 2 rings (SSSR count). The fourth-order valence-electron chi connectivity index (χ4n) is 1.67. The minimum absolute atomic E-state index is 0.143. The second-order valence-electron chi connectivity index (χ2n) is 4.04. The number of carbonyl (C=O) groups is 1.